The zero-order chi connectivity index (χ0) is 8.97. The molecule has 68 valence electrons. The fourth-order valence-corrected chi connectivity index (χ4v) is 2.06. The van der Waals surface area contributed by atoms with Gasteiger partial charge in [-0.05, 0) is 32.2 Å². The number of likely N-dealkylation sites (tertiary alicyclic amines) is 1. The Kier molecular flexibility index (Phi) is 3.55. The third kappa shape index (κ3) is 2.49. The molecule has 0 bridgehead atoms. The van der Waals surface area contributed by atoms with E-state index in [2.05, 4.69) is 24.8 Å². The number of hydrogen-bond acceptors (Lipinski definition) is 2. The Bertz CT molecular complexity index is 171. The molecule has 2 atom stereocenters. The number of hydrogen-bond donors (Lipinski definition) is 0. The Morgan fingerprint density at radius 2 is 2.25 bits per heavy atom. The van der Waals surface area contributed by atoms with Gasteiger partial charge in [0.25, 0.3) is 0 Å². The number of nitrogens with zero attached hydrogens (tertiary/aromatic N) is 2. The summed E-state index contributed by atoms with van der Waals surface area (Å²) in [5.41, 5.74) is 0. The molecule has 0 aromatic rings. The average Bonchev–Trinajstić information content (AvgIpc) is 2.31. The van der Waals surface area contributed by atoms with E-state index in [0.29, 0.717) is 6.42 Å². The Morgan fingerprint density at radius 3 is 2.75 bits per heavy atom. The summed E-state index contributed by atoms with van der Waals surface area (Å²) >= 11 is 0. The normalized spacial score (nSPS) is 30.4. The van der Waals surface area contributed by atoms with E-state index in [9.17, 15) is 0 Å². The first-order valence-corrected chi connectivity index (χ1v) is 4.85. The maximum absolute atomic E-state index is 8.39. The van der Waals surface area contributed by atoms with E-state index in [1.54, 1.807) is 0 Å². The lowest BCUT2D eigenvalue weighted by Crippen LogP contribution is -2.28. The van der Waals surface area contributed by atoms with Crippen LogP contribution in [-0.2, 0) is 0 Å². The van der Waals surface area contributed by atoms with Crippen molar-refractivity contribution in [2.75, 3.05) is 13.1 Å². The zero-order valence-corrected chi connectivity index (χ0v) is 8.08. The largest absolute Gasteiger partial charge is 0.300 e. The molecular weight excluding hydrogens is 148 g/mol. The van der Waals surface area contributed by atoms with E-state index >= 15 is 0 Å². The predicted octanol–water partition coefficient (Wildman–Crippen LogP) is 2.02. The molecule has 0 aromatic heterocycles. The third-order valence-electron chi connectivity index (χ3n) is 2.65. The molecule has 1 heterocycles. The molecule has 1 rings (SSSR count). The molecule has 1 aliphatic rings. The van der Waals surface area contributed by atoms with Gasteiger partial charge in [-0.1, -0.05) is 6.92 Å². The van der Waals surface area contributed by atoms with Gasteiger partial charge in [-0.15, -0.1) is 0 Å². The van der Waals surface area contributed by atoms with Crippen LogP contribution in [0.3, 0.4) is 0 Å². The number of nitriles is 1. The Balaban J connectivity index is 2.20. The van der Waals surface area contributed by atoms with Crippen LogP contribution in [0.5, 0.6) is 0 Å². The molecule has 1 aliphatic heterocycles. The van der Waals surface area contributed by atoms with Crippen molar-refractivity contribution in [2.24, 2.45) is 5.92 Å². The first-order chi connectivity index (χ1) is 5.74. The SMILES string of the molecule is CC1CC(C)N(CCCC#N)C1. The highest BCUT2D eigenvalue weighted by Crippen LogP contribution is 2.22. The molecule has 2 heteroatoms. The first kappa shape index (κ1) is 9.54. The van der Waals surface area contributed by atoms with Crippen LogP contribution in [0, 0.1) is 17.2 Å². The summed E-state index contributed by atoms with van der Waals surface area (Å²) in [6.45, 7) is 6.93. The summed E-state index contributed by atoms with van der Waals surface area (Å²) in [6, 6.07) is 2.93. The lowest BCUT2D eigenvalue weighted by Gasteiger charge is -2.19. The van der Waals surface area contributed by atoms with Crippen molar-refractivity contribution in [3.05, 3.63) is 0 Å². The molecule has 0 spiro atoms. The van der Waals surface area contributed by atoms with Crippen molar-refractivity contribution < 1.29 is 0 Å². The van der Waals surface area contributed by atoms with Gasteiger partial charge >= 0.3 is 0 Å². The molecule has 1 fully saturated rings. The highest BCUT2D eigenvalue weighted by molar-refractivity contribution is 4.80. The van der Waals surface area contributed by atoms with Gasteiger partial charge in [0.15, 0.2) is 0 Å². The maximum Gasteiger partial charge on any atom is 0.0622 e. The second kappa shape index (κ2) is 4.47. The maximum atomic E-state index is 8.39. The van der Waals surface area contributed by atoms with Crippen LogP contribution in [0.4, 0.5) is 0 Å². The van der Waals surface area contributed by atoms with E-state index in [1.807, 2.05) is 0 Å². The van der Waals surface area contributed by atoms with E-state index in [4.69, 9.17) is 5.26 Å². The summed E-state index contributed by atoms with van der Waals surface area (Å²) < 4.78 is 0. The number of rotatable bonds is 3. The minimum absolute atomic E-state index is 0.706. The van der Waals surface area contributed by atoms with E-state index in [0.717, 1.165) is 24.9 Å². The van der Waals surface area contributed by atoms with Crippen LogP contribution in [0.1, 0.15) is 33.1 Å². The highest BCUT2D eigenvalue weighted by atomic mass is 15.2. The van der Waals surface area contributed by atoms with Crippen molar-refractivity contribution in [2.45, 2.75) is 39.2 Å². The number of unbranched alkanes of at least 4 members (excludes halogenated alkanes) is 1. The van der Waals surface area contributed by atoms with Gasteiger partial charge in [0.1, 0.15) is 0 Å². The predicted molar refractivity (Wildman–Crippen MR) is 49.7 cm³/mol. The molecule has 0 amide bonds. The fourth-order valence-electron chi connectivity index (χ4n) is 2.06. The lowest BCUT2D eigenvalue weighted by molar-refractivity contribution is 0.263. The Hall–Kier alpha value is -0.550. The molecule has 0 aromatic carbocycles. The van der Waals surface area contributed by atoms with Crippen LogP contribution < -0.4 is 0 Å². The summed E-state index contributed by atoms with van der Waals surface area (Å²) in [5.74, 6) is 0.849. The van der Waals surface area contributed by atoms with Crippen LogP contribution in [0.15, 0.2) is 0 Å². The van der Waals surface area contributed by atoms with Gasteiger partial charge in [-0.2, -0.15) is 5.26 Å². The minimum Gasteiger partial charge on any atom is -0.300 e. The fraction of sp³-hybridized carbons (Fsp3) is 0.900. The monoisotopic (exact) mass is 166 g/mol. The molecule has 1 saturated heterocycles. The molecule has 12 heavy (non-hydrogen) atoms. The molecule has 2 unspecified atom stereocenters. The second-order valence-corrected chi connectivity index (χ2v) is 3.95. The van der Waals surface area contributed by atoms with Crippen molar-refractivity contribution in [1.82, 2.24) is 4.90 Å². The average molecular weight is 166 g/mol. The first-order valence-electron chi connectivity index (χ1n) is 4.85. The van der Waals surface area contributed by atoms with Crippen molar-refractivity contribution in [1.29, 1.82) is 5.26 Å². The Labute approximate surface area is 75.2 Å². The molecule has 2 nitrogen and oxygen atoms in total. The summed E-state index contributed by atoms with van der Waals surface area (Å²) in [6.07, 6.45) is 3.07. The molecule has 0 saturated carbocycles. The molecule has 0 N–H and O–H groups in total. The zero-order valence-electron chi connectivity index (χ0n) is 8.08. The van der Waals surface area contributed by atoms with Gasteiger partial charge < -0.3 is 4.90 Å². The lowest BCUT2D eigenvalue weighted by atomic mass is 10.1. The second-order valence-electron chi connectivity index (χ2n) is 3.95. The summed E-state index contributed by atoms with van der Waals surface area (Å²) in [5, 5.41) is 8.39. The van der Waals surface area contributed by atoms with Crippen molar-refractivity contribution in [3.8, 4) is 6.07 Å². The van der Waals surface area contributed by atoms with Crippen LogP contribution >= 0.6 is 0 Å². The topological polar surface area (TPSA) is 27.0 Å². The van der Waals surface area contributed by atoms with Gasteiger partial charge in [0, 0.05) is 19.0 Å². The quantitative estimate of drug-likeness (QED) is 0.600. The smallest absolute Gasteiger partial charge is 0.0622 e. The van der Waals surface area contributed by atoms with E-state index in [1.165, 1.54) is 13.0 Å². The minimum atomic E-state index is 0.706. The molecule has 0 aliphatic carbocycles. The van der Waals surface area contributed by atoms with Crippen molar-refractivity contribution in [3.63, 3.8) is 0 Å². The summed E-state index contributed by atoms with van der Waals surface area (Å²) in [7, 11) is 0. The van der Waals surface area contributed by atoms with Crippen LogP contribution in [0.25, 0.3) is 0 Å². The Morgan fingerprint density at radius 1 is 1.50 bits per heavy atom. The highest BCUT2D eigenvalue weighted by Gasteiger charge is 2.24. The van der Waals surface area contributed by atoms with Crippen LogP contribution in [-0.4, -0.2) is 24.0 Å². The van der Waals surface area contributed by atoms with Gasteiger partial charge in [-0.3, -0.25) is 0 Å². The van der Waals surface area contributed by atoms with Gasteiger partial charge in [-0.25, -0.2) is 0 Å². The van der Waals surface area contributed by atoms with Crippen molar-refractivity contribution >= 4 is 0 Å². The van der Waals surface area contributed by atoms with Crippen LogP contribution in [0.2, 0.25) is 0 Å². The standard InChI is InChI=1S/C10H18N2/c1-9-7-10(2)12(8-9)6-4-3-5-11/h9-10H,3-4,6-8H2,1-2H3. The van der Waals surface area contributed by atoms with E-state index < -0.39 is 0 Å². The molecular formula is C10H18N2. The molecule has 0 radical (unpaired) electrons. The summed E-state index contributed by atoms with van der Waals surface area (Å²) in [4.78, 5) is 2.50. The van der Waals surface area contributed by atoms with Gasteiger partial charge in [0.2, 0.25) is 0 Å². The van der Waals surface area contributed by atoms with E-state index in [-0.39, 0.29) is 0 Å². The third-order valence-corrected chi connectivity index (χ3v) is 2.65. The van der Waals surface area contributed by atoms with Gasteiger partial charge in [0.05, 0.1) is 6.07 Å².